The Balaban J connectivity index is 1.77. The fraction of sp³-hybridized carbons (Fsp3) is 0.909. The van der Waals surface area contributed by atoms with E-state index in [2.05, 4.69) is 6.92 Å². The Kier molecular flexibility index (Phi) is 2.31. The lowest BCUT2D eigenvalue weighted by molar-refractivity contribution is -0.146. The number of rotatable bonds is 3. The van der Waals surface area contributed by atoms with Crippen LogP contribution in [0.1, 0.15) is 33.1 Å². The molecule has 2 aliphatic rings. The summed E-state index contributed by atoms with van der Waals surface area (Å²) in [6.07, 6.45) is 3.43. The second kappa shape index (κ2) is 3.32. The van der Waals surface area contributed by atoms with Crippen molar-refractivity contribution in [3.63, 3.8) is 0 Å². The Morgan fingerprint density at radius 1 is 1.38 bits per heavy atom. The molecule has 0 bridgehead atoms. The maximum Gasteiger partial charge on any atom is 0.309 e. The second-order valence-corrected chi connectivity index (χ2v) is 4.60. The Hall–Kier alpha value is -0.530. The molecule has 2 aliphatic carbocycles. The van der Waals surface area contributed by atoms with Crippen LogP contribution in [-0.2, 0) is 9.53 Å². The van der Waals surface area contributed by atoms with Crippen molar-refractivity contribution in [3.05, 3.63) is 0 Å². The molecule has 0 aromatic rings. The van der Waals surface area contributed by atoms with E-state index >= 15 is 0 Å². The van der Waals surface area contributed by atoms with Crippen LogP contribution >= 0.6 is 0 Å². The van der Waals surface area contributed by atoms with Crippen LogP contribution in [0.4, 0.5) is 0 Å². The van der Waals surface area contributed by atoms with Crippen molar-refractivity contribution < 1.29 is 9.53 Å². The summed E-state index contributed by atoms with van der Waals surface area (Å²) < 4.78 is 5.15. The zero-order valence-electron chi connectivity index (χ0n) is 8.45. The predicted molar refractivity (Wildman–Crippen MR) is 50.1 cm³/mol. The van der Waals surface area contributed by atoms with Crippen LogP contribution in [0.15, 0.2) is 0 Å². The molecule has 2 saturated carbocycles. The fourth-order valence-electron chi connectivity index (χ4n) is 2.76. The molecule has 2 fully saturated rings. The highest BCUT2D eigenvalue weighted by Crippen LogP contribution is 2.59. The summed E-state index contributed by atoms with van der Waals surface area (Å²) in [5.41, 5.74) is 0. The fourth-order valence-corrected chi connectivity index (χ4v) is 2.76. The summed E-state index contributed by atoms with van der Waals surface area (Å²) >= 11 is 0. The number of fused-ring (bicyclic) bond motifs is 1. The summed E-state index contributed by atoms with van der Waals surface area (Å²) in [6, 6.07) is 0. The molecule has 13 heavy (non-hydrogen) atoms. The minimum Gasteiger partial charge on any atom is -0.465 e. The van der Waals surface area contributed by atoms with Gasteiger partial charge in [0.1, 0.15) is 0 Å². The molecule has 0 aromatic carbocycles. The predicted octanol–water partition coefficient (Wildman–Crippen LogP) is 2.23. The number of carbonyl (C=O) groups excluding carboxylic acids is 1. The molecule has 2 unspecified atom stereocenters. The Morgan fingerprint density at radius 2 is 2.00 bits per heavy atom. The lowest BCUT2D eigenvalue weighted by Gasteiger charge is -2.07. The molecule has 74 valence electrons. The van der Waals surface area contributed by atoms with Crippen molar-refractivity contribution in [3.8, 4) is 0 Å². The van der Waals surface area contributed by atoms with E-state index in [9.17, 15) is 4.79 Å². The van der Waals surface area contributed by atoms with Crippen LogP contribution < -0.4 is 0 Å². The van der Waals surface area contributed by atoms with E-state index in [1.165, 1.54) is 12.8 Å². The lowest BCUT2D eigenvalue weighted by Crippen LogP contribution is -2.12. The van der Waals surface area contributed by atoms with Gasteiger partial charge >= 0.3 is 5.97 Å². The summed E-state index contributed by atoms with van der Waals surface area (Å²) in [4.78, 5) is 11.5. The normalized spacial score (nSPS) is 41.4. The van der Waals surface area contributed by atoms with E-state index in [4.69, 9.17) is 4.74 Å². The number of hydrogen-bond donors (Lipinski definition) is 0. The number of hydrogen-bond acceptors (Lipinski definition) is 2. The monoisotopic (exact) mass is 182 g/mol. The topological polar surface area (TPSA) is 26.3 Å². The largest absolute Gasteiger partial charge is 0.465 e. The molecule has 2 rings (SSSR count). The van der Waals surface area contributed by atoms with E-state index in [0.717, 1.165) is 12.3 Å². The standard InChI is InChI=1S/C11H18O2/c1-3-4-13-11(12)10-8-5-7(2)6-9(8)10/h7-10H,3-6H2,1-2H3. The van der Waals surface area contributed by atoms with E-state index in [-0.39, 0.29) is 11.9 Å². The third-order valence-electron chi connectivity index (χ3n) is 3.40. The van der Waals surface area contributed by atoms with Gasteiger partial charge in [-0.1, -0.05) is 13.8 Å². The first-order chi connectivity index (χ1) is 6.24. The highest BCUT2D eigenvalue weighted by atomic mass is 16.5. The van der Waals surface area contributed by atoms with Gasteiger partial charge in [0.25, 0.3) is 0 Å². The first kappa shape index (κ1) is 9.04. The molecule has 0 amide bonds. The van der Waals surface area contributed by atoms with Gasteiger partial charge in [0.15, 0.2) is 0 Å². The molecule has 0 saturated heterocycles. The van der Waals surface area contributed by atoms with Gasteiger partial charge in [0.2, 0.25) is 0 Å². The van der Waals surface area contributed by atoms with Gasteiger partial charge in [0.05, 0.1) is 12.5 Å². The molecule has 0 aliphatic heterocycles. The minimum atomic E-state index is 0.0729. The molecular weight excluding hydrogens is 164 g/mol. The van der Waals surface area contributed by atoms with Gasteiger partial charge in [-0.05, 0) is 37.0 Å². The van der Waals surface area contributed by atoms with E-state index < -0.39 is 0 Å². The number of carbonyl (C=O) groups is 1. The first-order valence-electron chi connectivity index (χ1n) is 5.40. The van der Waals surface area contributed by atoms with E-state index in [1.807, 2.05) is 6.92 Å². The SMILES string of the molecule is CCCOC(=O)C1C2CC(C)CC21. The molecule has 2 atom stereocenters. The third kappa shape index (κ3) is 1.59. The Labute approximate surface area is 79.7 Å². The molecule has 0 N–H and O–H groups in total. The molecule has 0 heterocycles. The van der Waals surface area contributed by atoms with E-state index in [1.54, 1.807) is 0 Å². The van der Waals surface area contributed by atoms with Crippen LogP contribution in [0.2, 0.25) is 0 Å². The Bertz CT molecular complexity index is 200. The van der Waals surface area contributed by atoms with Crippen molar-refractivity contribution in [2.24, 2.45) is 23.7 Å². The highest BCUT2D eigenvalue weighted by Gasteiger charge is 2.59. The van der Waals surface area contributed by atoms with Gasteiger partial charge in [-0.2, -0.15) is 0 Å². The summed E-state index contributed by atoms with van der Waals surface area (Å²) in [7, 11) is 0. The lowest BCUT2D eigenvalue weighted by atomic mass is 10.0. The van der Waals surface area contributed by atoms with Crippen molar-refractivity contribution >= 4 is 5.97 Å². The zero-order chi connectivity index (χ0) is 9.42. The van der Waals surface area contributed by atoms with Crippen LogP contribution in [0, 0.1) is 23.7 Å². The van der Waals surface area contributed by atoms with Crippen molar-refractivity contribution in [1.82, 2.24) is 0 Å². The number of ether oxygens (including phenoxy) is 1. The molecule has 2 heteroatoms. The van der Waals surface area contributed by atoms with Crippen molar-refractivity contribution in [2.75, 3.05) is 6.61 Å². The van der Waals surface area contributed by atoms with Crippen molar-refractivity contribution in [1.29, 1.82) is 0 Å². The molecule has 0 spiro atoms. The summed E-state index contributed by atoms with van der Waals surface area (Å²) in [5, 5.41) is 0. The average molecular weight is 182 g/mol. The maximum absolute atomic E-state index is 11.5. The first-order valence-corrected chi connectivity index (χ1v) is 5.40. The van der Waals surface area contributed by atoms with E-state index in [0.29, 0.717) is 18.4 Å². The summed E-state index contributed by atoms with van der Waals surface area (Å²) in [5.74, 6) is 2.55. The Morgan fingerprint density at radius 3 is 2.54 bits per heavy atom. The third-order valence-corrected chi connectivity index (χ3v) is 3.40. The van der Waals surface area contributed by atoms with Gasteiger partial charge in [-0.25, -0.2) is 0 Å². The van der Waals surface area contributed by atoms with Gasteiger partial charge in [-0.15, -0.1) is 0 Å². The zero-order valence-corrected chi connectivity index (χ0v) is 8.45. The van der Waals surface area contributed by atoms with Crippen LogP contribution in [0.5, 0.6) is 0 Å². The van der Waals surface area contributed by atoms with Gasteiger partial charge in [-0.3, -0.25) is 4.79 Å². The van der Waals surface area contributed by atoms with Crippen molar-refractivity contribution in [2.45, 2.75) is 33.1 Å². The van der Waals surface area contributed by atoms with Crippen LogP contribution in [0.25, 0.3) is 0 Å². The molecular formula is C11H18O2. The highest BCUT2D eigenvalue weighted by molar-refractivity contribution is 5.76. The molecule has 0 radical (unpaired) electrons. The van der Waals surface area contributed by atoms with Gasteiger partial charge in [0, 0.05) is 0 Å². The quantitative estimate of drug-likeness (QED) is 0.626. The van der Waals surface area contributed by atoms with Gasteiger partial charge < -0.3 is 4.74 Å². The minimum absolute atomic E-state index is 0.0729. The average Bonchev–Trinajstić information content (AvgIpc) is 2.61. The van der Waals surface area contributed by atoms with Crippen LogP contribution in [-0.4, -0.2) is 12.6 Å². The maximum atomic E-state index is 11.5. The van der Waals surface area contributed by atoms with Crippen LogP contribution in [0.3, 0.4) is 0 Å². The second-order valence-electron chi connectivity index (χ2n) is 4.60. The smallest absolute Gasteiger partial charge is 0.309 e. The summed E-state index contributed by atoms with van der Waals surface area (Å²) in [6.45, 7) is 4.91. The number of esters is 1. The molecule has 0 aromatic heterocycles. The molecule has 2 nitrogen and oxygen atoms in total.